The second kappa shape index (κ2) is 7.61. The fourth-order valence-corrected chi connectivity index (χ4v) is 1.73. The Morgan fingerprint density at radius 2 is 2.05 bits per heavy atom. The Morgan fingerprint density at radius 3 is 2.84 bits per heavy atom. The highest BCUT2D eigenvalue weighted by molar-refractivity contribution is 5.28. The predicted octanol–water partition coefficient (Wildman–Crippen LogP) is 2.59. The van der Waals surface area contributed by atoms with E-state index >= 15 is 0 Å². The second-order valence-corrected chi connectivity index (χ2v) is 4.17. The molecule has 1 aromatic heterocycles. The van der Waals surface area contributed by atoms with Crippen LogP contribution in [0.5, 0.6) is 5.75 Å². The summed E-state index contributed by atoms with van der Waals surface area (Å²) in [5.41, 5.74) is 1.18. The molecule has 0 aliphatic carbocycles. The molecule has 1 aromatic carbocycles. The molecule has 2 rings (SSSR count). The molecule has 19 heavy (non-hydrogen) atoms. The van der Waals surface area contributed by atoms with Crippen LogP contribution in [0.15, 0.2) is 47.1 Å². The molecule has 0 saturated heterocycles. The van der Waals surface area contributed by atoms with Gasteiger partial charge in [0.1, 0.15) is 18.1 Å². The molecular weight excluding hydrogens is 242 g/mol. The summed E-state index contributed by atoms with van der Waals surface area (Å²) in [6.07, 6.45) is 1.68. The van der Waals surface area contributed by atoms with E-state index in [0.29, 0.717) is 13.2 Å². The summed E-state index contributed by atoms with van der Waals surface area (Å²) in [5, 5.41) is 3.32. The summed E-state index contributed by atoms with van der Waals surface area (Å²) < 4.78 is 15.8. The Kier molecular flexibility index (Phi) is 5.47. The van der Waals surface area contributed by atoms with Crippen LogP contribution in [0.25, 0.3) is 0 Å². The lowest BCUT2D eigenvalue weighted by Crippen LogP contribution is -2.12. The van der Waals surface area contributed by atoms with Crippen molar-refractivity contribution in [3.8, 4) is 5.75 Å². The molecule has 0 aliphatic rings. The molecule has 0 fully saturated rings. The van der Waals surface area contributed by atoms with E-state index in [1.807, 2.05) is 30.3 Å². The van der Waals surface area contributed by atoms with Crippen molar-refractivity contribution in [2.75, 3.05) is 20.3 Å². The molecule has 0 saturated carbocycles. The Morgan fingerprint density at radius 1 is 1.11 bits per heavy atom. The van der Waals surface area contributed by atoms with E-state index in [1.54, 1.807) is 13.4 Å². The van der Waals surface area contributed by atoms with Gasteiger partial charge in [0, 0.05) is 13.7 Å². The number of hydrogen-bond donors (Lipinski definition) is 1. The van der Waals surface area contributed by atoms with Crippen molar-refractivity contribution in [3.63, 3.8) is 0 Å². The Hall–Kier alpha value is -1.78. The number of furan rings is 1. The molecule has 2 aromatic rings. The zero-order valence-electron chi connectivity index (χ0n) is 11.1. The lowest BCUT2D eigenvalue weighted by atomic mass is 10.2. The fraction of sp³-hybridized carbons (Fsp3) is 0.333. The van der Waals surface area contributed by atoms with Gasteiger partial charge in [-0.3, -0.25) is 0 Å². The van der Waals surface area contributed by atoms with E-state index in [1.165, 1.54) is 5.56 Å². The number of methoxy groups -OCH3 is 1. The van der Waals surface area contributed by atoms with Crippen molar-refractivity contribution >= 4 is 0 Å². The van der Waals surface area contributed by atoms with Crippen molar-refractivity contribution in [3.05, 3.63) is 54.0 Å². The summed E-state index contributed by atoms with van der Waals surface area (Å²) in [5.74, 6) is 1.81. The minimum atomic E-state index is 0.569. The highest BCUT2D eigenvalue weighted by Crippen LogP contribution is 2.13. The Balaban J connectivity index is 1.78. The second-order valence-electron chi connectivity index (χ2n) is 4.17. The van der Waals surface area contributed by atoms with Crippen LogP contribution in [0.4, 0.5) is 0 Å². The van der Waals surface area contributed by atoms with Gasteiger partial charge in [-0.25, -0.2) is 0 Å². The first kappa shape index (κ1) is 13.6. The topological polar surface area (TPSA) is 43.6 Å². The van der Waals surface area contributed by atoms with Crippen LogP contribution in [0, 0.1) is 0 Å². The summed E-state index contributed by atoms with van der Waals surface area (Å²) in [6, 6.07) is 11.9. The summed E-state index contributed by atoms with van der Waals surface area (Å²) in [6.45, 7) is 2.67. The van der Waals surface area contributed by atoms with Gasteiger partial charge in [0.05, 0.1) is 19.4 Å². The van der Waals surface area contributed by atoms with Gasteiger partial charge in [-0.1, -0.05) is 12.1 Å². The van der Waals surface area contributed by atoms with Crippen molar-refractivity contribution in [1.82, 2.24) is 5.32 Å². The Bertz CT molecular complexity index is 468. The van der Waals surface area contributed by atoms with Crippen molar-refractivity contribution in [2.24, 2.45) is 0 Å². The largest absolute Gasteiger partial charge is 0.491 e. The minimum absolute atomic E-state index is 0.569. The predicted molar refractivity (Wildman–Crippen MR) is 73.1 cm³/mol. The van der Waals surface area contributed by atoms with Crippen LogP contribution >= 0.6 is 0 Å². The van der Waals surface area contributed by atoms with Gasteiger partial charge in [-0.2, -0.15) is 0 Å². The van der Waals surface area contributed by atoms with Gasteiger partial charge in [-0.05, 0) is 29.8 Å². The quantitative estimate of drug-likeness (QED) is 0.742. The molecule has 0 radical (unpaired) electrons. The molecule has 0 unspecified atom stereocenters. The molecular formula is C15H19NO3. The molecule has 0 spiro atoms. The van der Waals surface area contributed by atoms with Crippen LogP contribution < -0.4 is 10.1 Å². The molecule has 0 aliphatic heterocycles. The average molecular weight is 261 g/mol. The van der Waals surface area contributed by atoms with Crippen LogP contribution in [0.1, 0.15) is 11.3 Å². The number of hydrogen-bond acceptors (Lipinski definition) is 4. The maximum absolute atomic E-state index is 5.57. The minimum Gasteiger partial charge on any atom is -0.491 e. The van der Waals surface area contributed by atoms with E-state index in [0.717, 1.165) is 24.6 Å². The van der Waals surface area contributed by atoms with Crippen molar-refractivity contribution in [1.29, 1.82) is 0 Å². The molecule has 4 nitrogen and oxygen atoms in total. The highest BCUT2D eigenvalue weighted by atomic mass is 16.5. The first-order valence-corrected chi connectivity index (χ1v) is 6.32. The first-order chi connectivity index (χ1) is 9.38. The molecule has 0 atom stereocenters. The van der Waals surface area contributed by atoms with E-state index in [-0.39, 0.29) is 0 Å². The number of ether oxygens (including phenoxy) is 2. The van der Waals surface area contributed by atoms with Gasteiger partial charge < -0.3 is 19.2 Å². The lowest BCUT2D eigenvalue weighted by Gasteiger charge is -2.08. The lowest BCUT2D eigenvalue weighted by molar-refractivity contribution is 0.146. The van der Waals surface area contributed by atoms with Crippen molar-refractivity contribution in [2.45, 2.75) is 13.1 Å². The maximum atomic E-state index is 5.57. The van der Waals surface area contributed by atoms with E-state index in [2.05, 4.69) is 11.4 Å². The molecule has 102 valence electrons. The van der Waals surface area contributed by atoms with Crippen LogP contribution in [-0.4, -0.2) is 20.3 Å². The van der Waals surface area contributed by atoms with Gasteiger partial charge in [0.2, 0.25) is 0 Å². The highest BCUT2D eigenvalue weighted by Gasteiger charge is 1.99. The smallest absolute Gasteiger partial charge is 0.119 e. The standard InChI is InChI=1S/C15H19NO3/c1-17-8-9-19-14-5-2-4-13(10-14)11-16-12-15-6-3-7-18-15/h2-7,10,16H,8-9,11-12H2,1H3. The van der Waals surface area contributed by atoms with Crippen molar-refractivity contribution < 1.29 is 13.9 Å². The van der Waals surface area contributed by atoms with E-state index in [4.69, 9.17) is 13.9 Å². The van der Waals surface area contributed by atoms with E-state index < -0.39 is 0 Å². The normalized spacial score (nSPS) is 10.6. The third kappa shape index (κ3) is 4.77. The third-order valence-corrected chi connectivity index (χ3v) is 2.66. The molecule has 0 amide bonds. The maximum Gasteiger partial charge on any atom is 0.119 e. The van der Waals surface area contributed by atoms with Gasteiger partial charge in [0.25, 0.3) is 0 Å². The average Bonchev–Trinajstić information content (AvgIpc) is 2.93. The van der Waals surface area contributed by atoms with Gasteiger partial charge in [-0.15, -0.1) is 0 Å². The summed E-state index contributed by atoms with van der Waals surface area (Å²) in [4.78, 5) is 0. The van der Waals surface area contributed by atoms with Gasteiger partial charge in [0.15, 0.2) is 0 Å². The molecule has 1 heterocycles. The van der Waals surface area contributed by atoms with E-state index in [9.17, 15) is 0 Å². The summed E-state index contributed by atoms with van der Waals surface area (Å²) in [7, 11) is 1.67. The number of rotatable bonds is 8. The zero-order chi connectivity index (χ0) is 13.3. The SMILES string of the molecule is COCCOc1cccc(CNCc2ccco2)c1. The van der Waals surface area contributed by atoms with Crippen LogP contribution in [0.2, 0.25) is 0 Å². The first-order valence-electron chi connectivity index (χ1n) is 6.32. The summed E-state index contributed by atoms with van der Waals surface area (Å²) >= 11 is 0. The third-order valence-electron chi connectivity index (χ3n) is 2.66. The fourth-order valence-electron chi connectivity index (χ4n) is 1.73. The van der Waals surface area contributed by atoms with Crippen LogP contribution in [-0.2, 0) is 17.8 Å². The number of benzene rings is 1. The zero-order valence-corrected chi connectivity index (χ0v) is 11.1. The number of nitrogens with one attached hydrogen (secondary N) is 1. The Labute approximate surface area is 113 Å². The molecule has 0 bridgehead atoms. The van der Waals surface area contributed by atoms with Crippen LogP contribution in [0.3, 0.4) is 0 Å². The molecule has 1 N–H and O–H groups in total. The monoisotopic (exact) mass is 261 g/mol. The van der Waals surface area contributed by atoms with Gasteiger partial charge >= 0.3 is 0 Å². The molecule has 4 heteroatoms.